The van der Waals surface area contributed by atoms with E-state index in [2.05, 4.69) is 27.6 Å². The van der Waals surface area contributed by atoms with Gasteiger partial charge in [-0.15, -0.1) is 10.2 Å². The predicted octanol–water partition coefficient (Wildman–Crippen LogP) is 2.45. The number of rotatable bonds is 6. The van der Waals surface area contributed by atoms with Gasteiger partial charge in [0.05, 0.1) is 5.92 Å². The number of nitrogens with zero attached hydrogens (tertiary/aromatic N) is 3. The van der Waals surface area contributed by atoms with Gasteiger partial charge in [0.15, 0.2) is 0 Å². The molecule has 1 saturated heterocycles. The molecule has 0 spiro atoms. The maximum Gasteiger partial charge on any atom is 0.231 e. The van der Waals surface area contributed by atoms with E-state index in [1.165, 1.54) is 16.9 Å². The van der Waals surface area contributed by atoms with Crippen molar-refractivity contribution in [1.29, 1.82) is 0 Å². The van der Waals surface area contributed by atoms with Gasteiger partial charge < -0.3 is 10.2 Å². The SMILES string of the molecule is O=C(Nc1nnc(C2CC2)s1)C1CC(=O)N(CCc2ccccc2)C1. The van der Waals surface area contributed by atoms with Gasteiger partial charge in [-0.05, 0) is 24.8 Å². The molecule has 2 amide bonds. The Hall–Kier alpha value is -2.28. The molecule has 1 aromatic heterocycles. The first-order valence-electron chi connectivity index (χ1n) is 8.65. The molecule has 1 aliphatic carbocycles. The first-order valence-corrected chi connectivity index (χ1v) is 9.46. The number of anilines is 1. The van der Waals surface area contributed by atoms with E-state index >= 15 is 0 Å². The van der Waals surface area contributed by atoms with Crippen LogP contribution < -0.4 is 5.32 Å². The van der Waals surface area contributed by atoms with Crippen molar-refractivity contribution < 1.29 is 9.59 Å². The molecule has 2 aromatic rings. The van der Waals surface area contributed by atoms with Crippen molar-refractivity contribution in [2.75, 3.05) is 18.4 Å². The fraction of sp³-hybridized carbons (Fsp3) is 0.444. The van der Waals surface area contributed by atoms with E-state index in [1.54, 1.807) is 4.90 Å². The molecule has 1 aromatic carbocycles. The number of amides is 2. The topological polar surface area (TPSA) is 75.2 Å². The molecule has 2 fully saturated rings. The van der Waals surface area contributed by atoms with Crippen LogP contribution in [-0.2, 0) is 16.0 Å². The van der Waals surface area contributed by atoms with Crippen LogP contribution in [0.25, 0.3) is 0 Å². The summed E-state index contributed by atoms with van der Waals surface area (Å²) in [6, 6.07) is 10.1. The van der Waals surface area contributed by atoms with Crippen LogP contribution in [0.2, 0.25) is 0 Å². The molecule has 1 unspecified atom stereocenters. The number of carbonyl (C=O) groups is 2. The van der Waals surface area contributed by atoms with Gasteiger partial charge in [-0.25, -0.2) is 0 Å². The number of likely N-dealkylation sites (tertiary alicyclic amines) is 1. The van der Waals surface area contributed by atoms with Crippen molar-refractivity contribution in [3.05, 3.63) is 40.9 Å². The van der Waals surface area contributed by atoms with Crippen molar-refractivity contribution in [3.63, 3.8) is 0 Å². The Morgan fingerprint density at radius 2 is 2.04 bits per heavy atom. The standard InChI is InChI=1S/C18H20N4O2S/c23-15-10-14(11-22(15)9-8-12-4-2-1-3-5-12)16(24)19-18-21-20-17(25-18)13-6-7-13/h1-5,13-14H,6-11H2,(H,19,21,24). The molecule has 1 saturated carbocycles. The van der Waals surface area contributed by atoms with E-state index in [9.17, 15) is 9.59 Å². The number of hydrogen-bond acceptors (Lipinski definition) is 5. The summed E-state index contributed by atoms with van der Waals surface area (Å²) >= 11 is 1.45. The van der Waals surface area contributed by atoms with Crippen LogP contribution >= 0.6 is 11.3 Å². The highest BCUT2D eigenvalue weighted by Gasteiger charge is 2.34. The quantitative estimate of drug-likeness (QED) is 0.863. The average molecular weight is 356 g/mol. The van der Waals surface area contributed by atoms with Crippen LogP contribution in [0.4, 0.5) is 5.13 Å². The summed E-state index contributed by atoms with van der Waals surface area (Å²) in [6.45, 7) is 1.13. The lowest BCUT2D eigenvalue weighted by atomic mass is 10.1. The van der Waals surface area contributed by atoms with Crippen LogP contribution in [0.3, 0.4) is 0 Å². The van der Waals surface area contributed by atoms with E-state index in [-0.39, 0.29) is 24.2 Å². The Morgan fingerprint density at radius 1 is 1.24 bits per heavy atom. The third kappa shape index (κ3) is 3.87. The molecule has 2 aliphatic rings. The molecular weight excluding hydrogens is 336 g/mol. The zero-order valence-electron chi connectivity index (χ0n) is 13.9. The van der Waals surface area contributed by atoms with Gasteiger partial charge in [-0.3, -0.25) is 9.59 Å². The zero-order valence-corrected chi connectivity index (χ0v) is 14.7. The minimum Gasteiger partial charge on any atom is -0.342 e. The Labute approximate surface area is 150 Å². The monoisotopic (exact) mass is 356 g/mol. The minimum absolute atomic E-state index is 0.0482. The van der Waals surface area contributed by atoms with E-state index < -0.39 is 0 Å². The molecule has 1 N–H and O–H groups in total. The minimum atomic E-state index is -0.309. The van der Waals surface area contributed by atoms with Gasteiger partial charge in [-0.2, -0.15) is 0 Å². The summed E-state index contributed by atoms with van der Waals surface area (Å²) in [6.07, 6.45) is 3.41. The Bertz CT molecular complexity index is 772. The van der Waals surface area contributed by atoms with E-state index in [1.807, 2.05) is 18.2 Å². The Balaban J connectivity index is 1.30. The Kier molecular flexibility index (Phi) is 4.48. The molecule has 1 aliphatic heterocycles. The maximum atomic E-state index is 12.4. The molecule has 2 heterocycles. The van der Waals surface area contributed by atoms with Crippen LogP contribution in [0.1, 0.15) is 35.8 Å². The van der Waals surface area contributed by atoms with Crippen molar-refractivity contribution in [2.24, 2.45) is 5.92 Å². The molecule has 7 heteroatoms. The van der Waals surface area contributed by atoms with Gasteiger partial charge in [0.1, 0.15) is 5.01 Å². The number of hydrogen-bond donors (Lipinski definition) is 1. The molecule has 0 radical (unpaired) electrons. The molecule has 25 heavy (non-hydrogen) atoms. The highest BCUT2D eigenvalue weighted by atomic mass is 32.1. The fourth-order valence-electron chi connectivity index (χ4n) is 3.06. The summed E-state index contributed by atoms with van der Waals surface area (Å²) in [5.41, 5.74) is 1.20. The third-order valence-corrected chi connectivity index (χ3v) is 5.70. The second kappa shape index (κ2) is 6.92. The second-order valence-corrected chi connectivity index (χ2v) is 7.69. The van der Waals surface area contributed by atoms with Crippen LogP contribution in [0.5, 0.6) is 0 Å². The number of carbonyl (C=O) groups excluding carboxylic acids is 2. The van der Waals surface area contributed by atoms with Gasteiger partial charge in [0.25, 0.3) is 0 Å². The summed E-state index contributed by atoms with van der Waals surface area (Å²) in [5, 5.41) is 12.5. The summed E-state index contributed by atoms with van der Waals surface area (Å²) in [5.74, 6) is 0.141. The highest BCUT2D eigenvalue weighted by molar-refractivity contribution is 7.15. The van der Waals surface area contributed by atoms with Gasteiger partial charge in [0.2, 0.25) is 16.9 Å². The summed E-state index contributed by atoms with van der Waals surface area (Å²) in [7, 11) is 0. The zero-order chi connectivity index (χ0) is 17.2. The lowest BCUT2D eigenvalue weighted by molar-refractivity contribution is -0.128. The predicted molar refractivity (Wildman–Crippen MR) is 95.3 cm³/mol. The summed E-state index contributed by atoms with van der Waals surface area (Å²) in [4.78, 5) is 26.4. The van der Waals surface area contributed by atoms with Crippen LogP contribution in [-0.4, -0.2) is 40.0 Å². The number of nitrogens with one attached hydrogen (secondary N) is 1. The van der Waals surface area contributed by atoms with E-state index in [0.717, 1.165) is 24.3 Å². The van der Waals surface area contributed by atoms with Crippen molar-refractivity contribution in [1.82, 2.24) is 15.1 Å². The van der Waals surface area contributed by atoms with Gasteiger partial charge in [-0.1, -0.05) is 41.7 Å². The van der Waals surface area contributed by atoms with Crippen molar-refractivity contribution in [3.8, 4) is 0 Å². The first-order chi connectivity index (χ1) is 12.2. The Morgan fingerprint density at radius 3 is 2.80 bits per heavy atom. The third-order valence-electron chi connectivity index (χ3n) is 4.70. The molecule has 130 valence electrons. The normalized spacial score (nSPS) is 20.1. The van der Waals surface area contributed by atoms with Crippen molar-refractivity contribution in [2.45, 2.75) is 31.6 Å². The highest BCUT2D eigenvalue weighted by Crippen LogP contribution is 2.42. The molecule has 1 atom stereocenters. The van der Waals surface area contributed by atoms with Crippen LogP contribution in [0, 0.1) is 5.92 Å². The molecular formula is C18H20N4O2S. The molecule has 6 nitrogen and oxygen atoms in total. The maximum absolute atomic E-state index is 12.4. The van der Waals surface area contributed by atoms with E-state index in [4.69, 9.17) is 0 Å². The molecule has 4 rings (SSSR count). The lowest BCUT2D eigenvalue weighted by Gasteiger charge is -2.16. The smallest absolute Gasteiger partial charge is 0.231 e. The molecule has 0 bridgehead atoms. The summed E-state index contributed by atoms with van der Waals surface area (Å²) < 4.78 is 0. The lowest BCUT2D eigenvalue weighted by Crippen LogP contribution is -2.30. The van der Waals surface area contributed by atoms with Gasteiger partial charge in [0, 0.05) is 25.4 Å². The van der Waals surface area contributed by atoms with E-state index in [0.29, 0.717) is 24.1 Å². The van der Waals surface area contributed by atoms with Crippen molar-refractivity contribution >= 4 is 28.3 Å². The number of aromatic nitrogens is 2. The number of benzene rings is 1. The average Bonchev–Trinajstić information content (AvgIpc) is 3.26. The largest absolute Gasteiger partial charge is 0.342 e. The van der Waals surface area contributed by atoms with Gasteiger partial charge >= 0.3 is 0 Å². The second-order valence-electron chi connectivity index (χ2n) is 6.69. The first kappa shape index (κ1) is 16.2. The fourth-order valence-corrected chi connectivity index (χ4v) is 3.98. The van der Waals surface area contributed by atoms with Crippen LogP contribution in [0.15, 0.2) is 30.3 Å².